The van der Waals surface area contributed by atoms with Gasteiger partial charge < -0.3 is 29.5 Å². The van der Waals surface area contributed by atoms with Gasteiger partial charge in [-0.3, -0.25) is 4.79 Å². The minimum atomic E-state index is -1.44. The molecule has 0 saturated carbocycles. The number of hydrogen-bond donors (Lipinski definition) is 3. The van der Waals surface area contributed by atoms with E-state index in [4.69, 9.17) is 14.2 Å². The molecular weight excluding hydrogens is 316 g/mol. The highest BCUT2D eigenvalue weighted by molar-refractivity contribution is 5.77. The standard InChI is InChI=1S/C17H24O7/c1-3-22-17-15(20)14(19)13(18)12(24-17)9-23-16(21)10(2)11-7-5-4-6-8-11/h4-8,10,12-15,17-20H,3,9H2,1-2H3. The number of hydrogen-bond acceptors (Lipinski definition) is 7. The van der Waals surface area contributed by atoms with Crippen molar-refractivity contribution in [3.63, 3.8) is 0 Å². The van der Waals surface area contributed by atoms with E-state index in [9.17, 15) is 20.1 Å². The summed E-state index contributed by atoms with van der Waals surface area (Å²) in [7, 11) is 0. The first-order valence-electron chi connectivity index (χ1n) is 7.98. The fourth-order valence-electron chi connectivity index (χ4n) is 2.52. The average molecular weight is 340 g/mol. The Morgan fingerprint density at radius 2 is 1.83 bits per heavy atom. The van der Waals surface area contributed by atoms with Gasteiger partial charge in [0.15, 0.2) is 6.29 Å². The molecule has 1 saturated heterocycles. The van der Waals surface area contributed by atoms with Crippen LogP contribution in [0, 0.1) is 0 Å². The second-order valence-electron chi connectivity index (χ2n) is 5.73. The van der Waals surface area contributed by atoms with Crippen LogP contribution in [0.5, 0.6) is 0 Å². The van der Waals surface area contributed by atoms with Crippen LogP contribution in [0.25, 0.3) is 0 Å². The number of esters is 1. The topological polar surface area (TPSA) is 105 Å². The second-order valence-corrected chi connectivity index (χ2v) is 5.73. The first kappa shape index (κ1) is 18.8. The Balaban J connectivity index is 1.93. The van der Waals surface area contributed by atoms with Gasteiger partial charge in [-0.15, -0.1) is 0 Å². The van der Waals surface area contributed by atoms with Crippen molar-refractivity contribution in [1.29, 1.82) is 0 Å². The number of ether oxygens (including phenoxy) is 3. The summed E-state index contributed by atoms with van der Waals surface area (Å²) in [4.78, 5) is 12.1. The first-order valence-corrected chi connectivity index (χ1v) is 7.98. The molecule has 1 aliphatic heterocycles. The predicted molar refractivity (Wildman–Crippen MR) is 84.1 cm³/mol. The van der Waals surface area contributed by atoms with Gasteiger partial charge in [-0.2, -0.15) is 0 Å². The maximum Gasteiger partial charge on any atom is 0.313 e. The van der Waals surface area contributed by atoms with Crippen LogP contribution in [-0.4, -0.2) is 65.2 Å². The lowest BCUT2D eigenvalue weighted by Gasteiger charge is -2.39. The summed E-state index contributed by atoms with van der Waals surface area (Å²) in [6.45, 7) is 3.45. The van der Waals surface area contributed by atoms with Crippen LogP contribution >= 0.6 is 0 Å². The Morgan fingerprint density at radius 1 is 1.17 bits per heavy atom. The molecule has 6 unspecified atom stereocenters. The van der Waals surface area contributed by atoms with Crippen molar-refractivity contribution in [1.82, 2.24) is 0 Å². The molecule has 0 bridgehead atoms. The van der Waals surface area contributed by atoms with Gasteiger partial charge in [-0.05, 0) is 19.4 Å². The lowest BCUT2D eigenvalue weighted by Crippen LogP contribution is -2.59. The van der Waals surface area contributed by atoms with Gasteiger partial charge >= 0.3 is 5.97 Å². The number of aliphatic hydroxyl groups is 3. The largest absolute Gasteiger partial charge is 0.462 e. The minimum absolute atomic E-state index is 0.246. The molecule has 0 aromatic heterocycles. The lowest BCUT2D eigenvalue weighted by molar-refractivity contribution is -0.300. The third-order valence-electron chi connectivity index (χ3n) is 4.04. The van der Waals surface area contributed by atoms with Gasteiger partial charge in [0.2, 0.25) is 0 Å². The van der Waals surface area contributed by atoms with Crippen LogP contribution < -0.4 is 0 Å². The summed E-state index contributed by atoms with van der Waals surface area (Å²) in [6, 6.07) is 9.16. The summed E-state index contributed by atoms with van der Waals surface area (Å²) in [5.41, 5.74) is 0.815. The Bertz CT molecular complexity index is 521. The maximum absolute atomic E-state index is 12.1. The Kier molecular flexibility index (Phi) is 6.70. The van der Waals surface area contributed by atoms with E-state index in [1.807, 2.05) is 30.3 Å². The zero-order chi connectivity index (χ0) is 17.7. The van der Waals surface area contributed by atoms with Crippen molar-refractivity contribution in [2.24, 2.45) is 0 Å². The molecule has 1 aliphatic rings. The third kappa shape index (κ3) is 4.31. The molecule has 7 heteroatoms. The summed E-state index contributed by atoms with van der Waals surface area (Å²) in [5.74, 6) is -0.935. The molecule has 3 N–H and O–H groups in total. The Labute approximate surface area is 140 Å². The molecule has 0 radical (unpaired) electrons. The van der Waals surface area contributed by atoms with E-state index in [1.165, 1.54) is 0 Å². The van der Waals surface area contributed by atoms with Gasteiger partial charge in [0.05, 0.1) is 5.92 Å². The van der Waals surface area contributed by atoms with Gasteiger partial charge in [0.1, 0.15) is 31.0 Å². The highest BCUT2D eigenvalue weighted by Crippen LogP contribution is 2.23. The smallest absolute Gasteiger partial charge is 0.313 e. The molecule has 134 valence electrons. The van der Waals surface area contributed by atoms with Crippen LogP contribution in [0.15, 0.2) is 30.3 Å². The lowest BCUT2D eigenvalue weighted by atomic mass is 9.99. The monoisotopic (exact) mass is 340 g/mol. The molecule has 6 atom stereocenters. The predicted octanol–water partition coefficient (Wildman–Crippen LogP) is 0.177. The quantitative estimate of drug-likeness (QED) is 0.634. The van der Waals surface area contributed by atoms with Crippen molar-refractivity contribution in [3.8, 4) is 0 Å². The van der Waals surface area contributed by atoms with Gasteiger partial charge in [0, 0.05) is 6.61 Å². The van der Waals surface area contributed by atoms with Crippen LogP contribution in [-0.2, 0) is 19.0 Å². The van der Waals surface area contributed by atoms with Crippen molar-refractivity contribution >= 4 is 5.97 Å². The number of aliphatic hydroxyl groups excluding tert-OH is 3. The van der Waals surface area contributed by atoms with Crippen molar-refractivity contribution in [2.75, 3.05) is 13.2 Å². The molecule has 0 amide bonds. The molecular formula is C17H24O7. The van der Waals surface area contributed by atoms with E-state index < -0.39 is 42.6 Å². The van der Waals surface area contributed by atoms with Crippen LogP contribution in [0.1, 0.15) is 25.3 Å². The Morgan fingerprint density at radius 3 is 2.46 bits per heavy atom. The summed E-state index contributed by atoms with van der Waals surface area (Å²) in [6.07, 6.45) is -6.24. The van der Waals surface area contributed by atoms with Gasteiger partial charge in [-0.25, -0.2) is 0 Å². The molecule has 2 rings (SSSR count). The normalized spacial score (nSPS) is 31.5. The fourth-order valence-corrected chi connectivity index (χ4v) is 2.52. The molecule has 1 aromatic rings. The number of carbonyl (C=O) groups is 1. The molecule has 24 heavy (non-hydrogen) atoms. The second kappa shape index (κ2) is 8.55. The van der Waals surface area contributed by atoms with E-state index in [2.05, 4.69) is 0 Å². The highest BCUT2D eigenvalue weighted by atomic mass is 16.7. The maximum atomic E-state index is 12.1. The summed E-state index contributed by atoms with van der Waals surface area (Å²) in [5, 5.41) is 29.6. The minimum Gasteiger partial charge on any atom is -0.462 e. The molecule has 1 fully saturated rings. The van der Waals surface area contributed by atoms with Crippen molar-refractivity contribution < 1.29 is 34.3 Å². The van der Waals surface area contributed by atoms with Crippen LogP contribution in [0.3, 0.4) is 0 Å². The first-order chi connectivity index (χ1) is 11.5. The molecule has 0 aliphatic carbocycles. The number of carbonyl (C=O) groups excluding carboxylic acids is 1. The van der Waals surface area contributed by atoms with Crippen molar-refractivity contribution in [2.45, 2.75) is 50.5 Å². The molecule has 1 aromatic carbocycles. The zero-order valence-electron chi connectivity index (χ0n) is 13.7. The summed E-state index contributed by atoms with van der Waals surface area (Å²) >= 11 is 0. The van der Waals surface area contributed by atoms with E-state index in [0.717, 1.165) is 5.56 Å². The highest BCUT2D eigenvalue weighted by Gasteiger charge is 2.44. The number of benzene rings is 1. The van der Waals surface area contributed by atoms with Crippen molar-refractivity contribution in [3.05, 3.63) is 35.9 Å². The van der Waals surface area contributed by atoms with E-state index in [1.54, 1.807) is 13.8 Å². The Hall–Kier alpha value is -1.51. The zero-order valence-corrected chi connectivity index (χ0v) is 13.7. The molecule has 7 nitrogen and oxygen atoms in total. The van der Waals surface area contributed by atoms with Gasteiger partial charge in [-0.1, -0.05) is 30.3 Å². The van der Waals surface area contributed by atoms with Gasteiger partial charge in [0.25, 0.3) is 0 Å². The van der Waals surface area contributed by atoms with E-state index in [-0.39, 0.29) is 13.2 Å². The van der Waals surface area contributed by atoms with Crippen LogP contribution in [0.4, 0.5) is 0 Å². The van der Waals surface area contributed by atoms with Crippen LogP contribution in [0.2, 0.25) is 0 Å². The fraction of sp³-hybridized carbons (Fsp3) is 0.588. The molecule has 1 heterocycles. The number of rotatable bonds is 6. The molecule has 0 spiro atoms. The summed E-state index contributed by atoms with van der Waals surface area (Å²) < 4.78 is 15.8. The van der Waals surface area contributed by atoms with E-state index in [0.29, 0.717) is 0 Å². The average Bonchev–Trinajstić information content (AvgIpc) is 2.61. The SMILES string of the molecule is CCOC1OC(COC(=O)C(C)c2ccccc2)C(O)C(O)C1O. The van der Waals surface area contributed by atoms with E-state index >= 15 is 0 Å². The third-order valence-corrected chi connectivity index (χ3v) is 4.04.